The molecule has 0 spiro atoms. The van der Waals surface area contributed by atoms with Crippen LogP contribution in [0.5, 0.6) is 0 Å². The van der Waals surface area contributed by atoms with E-state index in [1.807, 2.05) is 0 Å². The predicted octanol–water partition coefficient (Wildman–Crippen LogP) is 2.32. The third kappa shape index (κ3) is 3.59. The molecule has 1 N–H and O–H groups in total. The predicted molar refractivity (Wildman–Crippen MR) is 66.3 cm³/mol. The lowest BCUT2D eigenvalue weighted by Gasteiger charge is -2.16. The zero-order valence-corrected chi connectivity index (χ0v) is 10.2. The normalized spacial score (nSPS) is 23.9. The lowest BCUT2D eigenvalue weighted by atomic mass is 10.1. The zero-order chi connectivity index (χ0) is 10.5. The molecule has 1 aromatic heterocycles. The van der Waals surface area contributed by atoms with E-state index in [4.69, 9.17) is 0 Å². The van der Waals surface area contributed by atoms with Crippen LogP contribution in [0.3, 0.4) is 0 Å². The largest absolute Gasteiger partial charge is 0.310 e. The lowest BCUT2D eigenvalue weighted by molar-refractivity contribution is 0.343. The molecule has 2 rings (SSSR count). The van der Waals surface area contributed by atoms with E-state index in [2.05, 4.69) is 34.1 Å². The van der Waals surface area contributed by atoms with E-state index in [0.29, 0.717) is 0 Å². The Hall–Kier alpha value is -0.380. The van der Waals surface area contributed by atoms with Crippen molar-refractivity contribution in [2.45, 2.75) is 31.8 Å². The smallest absolute Gasteiger partial charge is 0.0216 e. The average Bonchev–Trinajstić information content (AvgIpc) is 2.66. The van der Waals surface area contributed by atoms with E-state index in [9.17, 15) is 0 Å². The average molecular weight is 224 g/mol. The highest BCUT2D eigenvalue weighted by Crippen LogP contribution is 2.11. The molecule has 0 aliphatic carbocycles. The number of rotatable bonds is 3. The number of likely N-dealkylation sites (tertiary alicyclic amines) is 1. The summed E-state index contributed by atoms with van der Waals surface area (Å²) in [5, 5.41) is 8.05. The van der Waals surface area contributed by atoms with Gasteiger partial charge in [-0.1, -0.05) is 0 Å². The molecule has 1 atom stereocenters. The molecule has 0 amide bonds. The van der Waals surface area contributed by atoms with Gasteiger partial charge in [-0.2, -0.15) is 11.3 Å². The highest BCUT2D eigenvalue weighted by Gasteiger charge is 2.13. The molecule has 2 nitrogen and oxygen atoms in total. The fourth-order valence-electron chi connectivity index (χ4n) is 2.10. The Kier molecular flexibility index (Phi) is 4.18. The summed E-state index contributed by atoms with van der Waals surface area (Å²) in [6.07, 6.45) is 3.95. The highest BCUT2D eigenvalue weighted by atomic mass is 32.1. The van der Waals surface area contributed by atoms with Crippen molar-refractivity contribution in [3.05, 3.63) is 22.4 Å². The van der Waals surface area contributed by atoms with Crippen LogP contribution in [0.2, 0.25) is 0 Å². The van der Waals surface area contributed by atoms with Crippen LogP contribution in [-0.4, -0.2) is 31.1 Å². The number of hydrogen-bond donors (Lipinski definition) is 1. The maximum absolute atomic E-state index is 3.66. The molecular formula is C12H20N2S. The van der Waals surface area contributed by atoms with Crippen LogP contribution >= 0.6 is 11.3 Å². The quantitative estimate of drug-likeness (QED) is 0.847. The van der Waals surface area contributed by atoms with E-state index in [0.717, 1.165) is 12.6 Å². The van der Waals surface area contributed by atoms with Crippen molar-refractivity contribution >= 4 is 11.3 Å². The van der Waals surface area contributed by atoms with E-state index in [1.165, 1.54) is 37.9 Å². The Morgan fingerprint density at radius 3 is 3.20 bits per heavy atom. The molecule has 1 aliphatic heterocycles. The van der Waals surface area contributed by atoms with Gasteiger partial charge in [0.25, 0.3) is 0 Å². The molecule has 0 radical (unpaired) electrons. The van der Waals surface area contributed by atoms with Crippen molar-refractivity contribution in [3.63, 3.8) is 0 Å². The summed E-state index contributed by atoms with van der Waals surface area (Å²) in [5.74, 6) is 0. The Bertz CT molecular complexity index is 271. The molecule has 3 heteroatoms. The summed E-state index contributed by atoms with van der Waals surface area (Å²) in [5.41, 5.74) is 1.43. The van der Waals surface area contributed by atoms with Crippen molar-refractivity contribution in [1.82, 2.24) is 10.2 Å². The molecule has 1 aliphatic rings. The Labute approximate surface area is 96.3 Å². The van der Waals surface area contributed by atoms with Crippen molar-refractivity contribution in [3.8, 4) is 0 Å². The van der Waals surface area contributed by atoms with Crippen LogP contribution in [0.25, 0.3) is 0 Å². The van der Waals surface area contributed by atoms with Gasteiger partial charge in [0.05, 0.1) is 0 Å². The second-order valence-corrected chi connectivity index (χ2v) is 5.22. The van der Waals surface area contributed by atoms with Crippen LogP contribution in [0.1, 0.15) is 24.8 Å². The Balaban J connectivity index is 1.74. The van der Waals surface area contributed by atoms with Crippen LogP contribution in [-0.2, 0) is 6.54 Å². The van der Waals surface area contributed by atoms with Gasteiger partial charge >= 0.3 is 0 Å². The fourth-order valence-corrected chi connectivity index (χ4v) is 2.77. The van der Waals surface area contributed by atoms with E-state index < -0.39 is 0 Å². The summed E-state index contributed by atoms with van der Waals surface area (Å²) in [7, 11) is 2.22. The van der Waals surface area contributed by atoms with Gasteiger partial charge in [-0.3, -0.25) is 0 Å². The molecule has 2 heterocycles. The SMILES string of the molecule is CN1CCCC(NCc2ccsc2)CC1. The summed E-state index contributed by atoms with van der Waals surface area (Å²) >= 11 is 1.78. The summed E-state index contributed by atoms with van der Waals surface area (Å²) in [4.78, 5) is 2.44. The molecule has 0 bridgehead atoms. The first-order chi connectivity index (χ1) is 7.34. The minimum atomic E-state index is 0.717. The summed E-state index contributed by atoms with van der Waals surface area (Å²) in [6, 6.07) is 2.93. The first-order valence-electron chi connectivity index (χ1n) is 5.77. The number of hydrogen-bond acceptors (Lipinski definition) is 3. The van der Waals surface area contributed by atoms with Gasteiger partial charge in [-0.25, -0.2) is 0 Å². The van der Waals surface area contributed by atoms with Crippen LogP contribution in [0.15, 0.2) is 16.8 Å². The first kappa shape index (κ1) is 11.1. The second kappa shape index (κ2) is 5.64. The first-order valence-corrected chi connectivity index (χ1v) is 6.72. The molecule has 15 heavy (non-hydrogen) atoms. The minimum Gasteiger partial charge on any atom is -0.310 e. The highest BCUT2D eigenvalue weighted by molar-refractivity contribution is 7.07. The van der Waals surface area contributed by atoms with Gasteiger partial charge in [0.15, 0.2) is 0 Å². The van der Waals surface area contributed by atoms with Gasteiger partial charge in [-0.05, 0) is 61.8 Å². The molecule has 1 saturated heterocycles. The minimum absolute atomic E-state index is 0.717. The second-order valence-electron chi connectivity index (χ2n) is 4.44. The number of nitrogens with one attached hydrogen (secondary N) is 1. The van der Waals surface area contributed by atoms with Crippen LogP contribution in [0, 0.1) is 0 Å². The van der Waals surface area contributed by atoms with Gasteiger partial charge in [0, 0.05) is 12.6 Å². The van der Waals surface area contributed by atoms with Gasteiger partial charge in [-0.15, -0.1) is 0 Å². The molecule has 0 aromatic carbocycles. The Morgan fingerprint density at radius 1 is 1.47 bits per heavy atom. The maximum atomic E-state index is 3.66. The van der Waals surface area contributed by atoms with Crippen LogP contribution < -0.4 is 5.32 Å². The van der Waals surface area contributed by atoms with E-state index >= 15 is 0 Å². The molecule has 1 unspecified atom stereocenters. The number of thiophene rings is 1. The Morgan fingerprint density at radius 2 is 2.40 bits per heavy atom. The molecule has 1 fully saturated rings. The molecule has 84 valence electrons. The standard InChI is InChI=1S/C12H20N2S/c1-14-6-2-3-12(4-7-14)13-9-11-5-8-15-10-11/h5,8,10,12-13H,2-4,6-7,9H2,1H3. The summed E-state index contributed by atoms with van der Waals surface area (Å²) < 4.78 is 0. The van der Waals surface area contributed by atoms with E-state index in [-0.39, 0.29) is 0 Å². The third-order valence-corrected chi connectivity index (χ3v) is 3.86. The van der Waals surface area contributed by atoms with Gasteiger partial charge < -0.3 is 10.2 Å². The van der Waals surface area contributed by atoms with Crippen molar-refractivity contribution in [2.75, 3.05) is 20.1 Å². The molecule has 1 aromatic rings. The number of nitrogens with zero attached hydrogens (tertiary/aromatic N) is 1. The maximum Gasteiger partial charge on any atom is 0.0216 e. The molecule has 0 saturated carbocycles. The van der Waals surface area contributed by atoms with Crippen LogP contribution in [0.4, 0.5) is 0 Å². The van der Waals surface area contributed by atoms with Crippen molar-refractivity contribution in [1.29, 1.82) is 0 Å². The van der Waals surface area contributed by atoms with Crippen molar-refractivity contribution < 1.29 is 0 Å². The zero-order valence-electron chi connectivity index (χ0n) is 9.41. The van der Waals surface area contributed by atoms with Crippen molar-refractivity contribution in [2.24, 2.45) is 0 Å². The molecular weight excluding hydrogens is 204 g/mol. The lowest BCUT2D eigenvalue weighted by Crippen LogP contribution is -2.29. The van der Waals surface area contributed by atoms with Gasteiger partial charge in [0.2, 0.25) is 0 Å². The van der Waals surface area contributed by atoms with E-state index in [1.54, 1.807) is 11.3 Å². The monoisotopic (exact) mass is 224 g/mol. The van der Waals surface area contributed by atoms with Gasteiger partial charge in [0.1, 0.15) is 0 Å². The fraction of sp³-hybridized carbons (Fsp3) is 0.667. The summed E-state index contributed by atoms with van der Waals surface area (Å²) in [6.45, 7) is 3.54. The topological polar surface area (TPSA) is 15.3 Å². The third-order valence-electron chi connectivity index (χ3n) is 3.13.